The van der Waals surface area contributed by atoms with E-state index in [0.717, 1.165) is 43.3 Å². The topological polar surface area (TPSA) is 107 Å². The third-order valence-corrected chi connectivity index (χ3v) is 7.56. The van der Waals surface area contributed by atoms with Crippen LogP contribution in [-0.4, -0.2) is 29.5 Å². The molecule has 1 saturated carbocycles. The Labute approximate surface area is 193 Å². The maximum Gasteiger partial charge on any atom is 0.243 e. The number of aromatic nitrogens is 2. The molecule has 1 heterocycles. The van der Waals surface area contributed by atoms with Crippen LogP contribution in [0.5, 0.6) is 0 Å². The van der Waals surface area contributed by atoms with Crippen molar-refractivity contribution in [3.8, 4) is 0 Å². The van der Waals surface area contributed by atoms with E-state index in [1.807, 2.05) is 10.7 Å². The summed E-state index contributed by atoms with van der Waals surface area (Å²) in [7, 11) is -4.17. The molecule has 3 N–H and O–H groups in total. The van der Waals surface area contributed by atoms with Gasteiger partial charge in [0.25, 0.3) is 0 Å². The second-order valence-corrected chi connectivity index (χ2v) is 11.3. The van der Waals surface area contributed by atoms with Crippen molar-refractivity contribution in [1.29, 1.82) is 0 Å². The van der Waals surface area contributed by atoms with Crippen molar-refractivity contribution in [1.82, 2.24) is 14.5 Å². The Morgan fingerprint density at radius 1 is 1.12 bits per heavy atom. The van der Waals surface area contributed by atoms with E-state index in [1.54, 1.807) is 32.9 Å². The van der Waals surface area contributed by atoms with Gasteiger partial charge in [-0.3, -0.25) is 9.48 Å². The number of halogens is 1. The van der Waals surface area contributed by atoms with E-state index in [2.05, 4.69) is 9.82 Å². The number of rotatable bonds is 5. The van der Waals surface area contributed by atoms with E-state index in [9.17, 15) is 17.6 Å². The maximum absolute atomic E-state index is 14.5. The molecule has 176 valence electrons. The van der Waals surface area contributed by atoms with Gasteiger partial charge in [0.15, 0.2) is 0 Å². The van der Waals surface area contributed by atoms with E-state index in [0.29, 0.717) is 11.1 Å². The first-order chi connectivity index (χ1) is 15.5. The van der Waals surface area contributed by atoms with E-state index >= 15 is 0 Å². The first kappa shape index (κ1) is 23.4. The van der Waals surface area contributed by atoms with Crippen LogP contribution in [0.1, 0.15) is 75.0 Å². The second kappa shape index (κ2) is 8.53. The van der Waals surface area contributed by atoms with Crippen LogP contribution in [0.4, 0.5) is 10.1 Å². The molecule has 0 aliphatic heterocycles. The molecule has 0 atom stereocenters. The minimum Gasteiger partial charge on any atom is -0.399 e. The number of nitrogens with zero attached hydrogens (tertiary/aromatic N) is 2. The van der Waals surface area contributed by atoms with Crippen molar-refractivity contribution in [3.63, 3.8) is 0 Å². The number of ketones is 1. The van der Waals surface area contributed by atoms with Gasteiger partial charge in [0.1, 0.15) is 16.4 Å². The summed E-state index contributed by atoms with van der Waals surface area (Å²) in [5.74, 6) is -1.39. The van der Waals surface area contributed by atoms with Crippen molar-refractivity contribution >= 4 is 32.4 Å². The van der Waals surface area contributed by atoms with Gasteiger partial charge in [-0.05, 0) is 70.0 Å². The van der Waals surface area contributed by atoms with Crippen LogP contribution in [0.3, 0.4) is 0 Å². The van der Waals surface area contributed by atoms with Gasteiger partial charge < -0.3 is 5.73 Å². The fourth-order valence-corrected chi connectivity index (χ4v) is 5.89. The number of nitrogen functional groups attached to an aromatic ring is 1. The number of sulfonamides is 1. The Morgan fingerprint density at radius 2 is 1.82 bits per heavy atom. The summed E-state index contributed by atoms with van der Waals surface area (Å²) >= 11 is 0. The smallest absolute Gasteiger partial charge is 0.243 e. The molecule has 0 amide bonds. The van der Waals surface area contributed by atoms with E-state index in [1.165, 1.54) is 12.5 Å². The highest BCUT2D eigenvalue weighted by Crippen LogP contribution is 2.33. The van der Waals surface area contributed by atoms with Crippen LogP contribution < -0.4 is 10.5 Å². The molecule has 9 heteroatoms. The molecule has 4 rings (SSSR count). The Kier molecular flexibility index (Phi) is 6.05. The van der Waals surface area contributed by atoms with Gasteiger partial charge in [-0.15, -0.1) is 0 Å². The highest BCUT2D eigenvalue weighted by Gasteiger charge is 2.28. The van der Waals surface area contributed by atoms with Gasteiger partial charge >= 0.3 is 0 Å². The molecule has 1 aliphatic carbocycles. The van der Waals surface area contributed by atoms with Gasteiger partial charge in [0.05, 0.1) is 11.6 Å². The minimum absolute atomic E-state index is 0.0534. The monoisotopic (exact) mass is 472 g/mol. The molecule has 1 aromatic heterocycles. The van der Waals surface area contributed by atoms with Crippen molar-refractivity contribution in [2.75, 3.05) is 5.73 Å². The molecule has 2 aromatic carbocycles. The van der Waals surface area contributed by atoms with Gasteiger partial charge in [0.2, 0.25) is 15.8 Å². The standard InChI is InChI=1S/C24H29FN4O3S/c1-24(2,3)28-33(31,32)21-13-15(9-12-19(21)25)23(30)22-18-11-10-16(26)14-20(18)29(27-22)17-7-5-4-6-8-17/h9-14,17,28H,4-8,26H2,1-3H3. The average Bonchev–Trinajstić information content (AvgIpc) is 3.11. The molecule has 7 nitrogen and oxygen atoms in total. The predicted molar refractivity (Wildman–Crippen MR) is 126 cm³/mol. The third kappa shape index (κ3) is 4.79. The van der Waals surface area contributed by atoms with Crippen LogP contribution in [0.15, 0.2) is 41.3 Å². The van der Waals surface area contributed by atoms with Gasteiger partial charge in [-0.2, -0.15) is 5.10 Å². The first-order valence-electron chi connectivity index (χ1n) is 11.1. The molecular weight excluding hydrogens is 443 g/mol. The zero-order valence-corrected chi connectivity index (χ0v) is 19.9. The molecule has 33 heavy (non-hydrogen) atoms. The molecule has 1 fully saturated rings. The predicted octanol–water partition coefficient (Wildman–Crippen LogP) is 4.57. The van der Waals surface area contributed by atoms with E-state index < -0.39 is 32.1 Å². The number of nitrogens with one attached hydrogen (secondary N) is 1. The highest BCUT2D eigenvalue weighted by molar-refractivity contribution is 7.89. The zero-order valence-electron chi connectivity index (χ0n) is 19.1. The lowest BCUT2D eigenvalue weighted by Gasteiger charge is -2.22. The number of hydrogen-bond acceptors (Lipinski definition) is 5. The van der Waals surface area contributed by atoms with E-state index in [4.69, 9.17) is 5.73 Å². The molecule has 1 aliphatic rings. The quantitative estimate of drug-likeness (QED) is 0.418. The summed E-state index contributed by atoms with van der Waals surface area (Å²) in [6.45, 7) is 4.98. The number of anilines is 1. The lowest BCUT2D eigenvalue weighted by molar-refractivity contribution is 0.103. The maximum atomic E-state index is 14.5. The van der Waals surface area contributed by atoms with Crippen LogP contribution in [0.2, 0.25) is 0 Å². The number of hydrogen-bond donors (Lipinski definition) is 2. The fraction of sp³-hybridized carbons (Fsp3) is 0.417. The molecular formula is C24H29FN4O3S. The first-order valence-corrected chi connectivity index (χ1v) is 12.6. The van der Waals surface area contributed by atoms with Gasteiger partial charge in [0, 0.05) is 22.2 Å². The lowest BCUT2D eigenvalue weighted by atomic mass is 9.95. The number of nitrogens with two attached hydrogens (primary N) is 1. The van der Waals surface area contributed by atoms with Crippen LogP contribution in [0, 0.1) is 5.82 Å². The van der Waals surface area contributed by atoms with Gasteiger partial charge in [-0.25, -0.2) is 17.5 Å². The normalized spacial score (nSPS) is 15.8. The minimum atomic E-state index is -4.17. The summed E-state index contributed by atoms with van der Waals surface area (Å²) in [6, 6.07) is 8.81. The summed E-state index contributed by atoms with van der Waals surface area (Å²) in [5, 5.41) is 5.30. The number of carbonyl (C=O) groups is 1. The lowest BCUT2D eigenvalue weighted by Crippen LogP contribution is -2.40. The van der Waals surface area contributed by atoms with Crippen molar-refractivity contribution < 1.29 is 17.6 Å². The van der Waals surface area contributed by atoms with Crippen molar-refractivity contribution in [2.45, 2.75) is 69.4 Å². The van der Waals surface area contributed by atoms with Crippen LogP contribution >= 0.6 is 0 Å². The Morgan fingerprint density at radius 3 is 2.48 bits per heavy atom. The molecule has 0 bridgehead atoms. The van der Waals surface area contributed by atoms with Gasteiger partial charge in [-0.1, -0.05) is 19.3 Å². The highest BCUT2D eigenvalue weighted by atomic mass is 32.2. The van der Waals surface area contributed by atoms with E-state index in [-0.39, 0.29) is 17.3 Å². The zero-order chi connectivity index (χ0) is 24.0. The van der Waals surface area contributed by atoms with Crippen LogP contribution in [-0.2, 0) is 10.0 Å². The van der Waals surface area contributed by atoms with Crippen molar-refractivity contribution in [2.24, 2.45) is 0 Å². The summed E-state index contributed by atoms with van der Waals surface area (Å²) < 4.78 is 44.3. The molecule has 0 spiro atoms. The van der Waals surface area contributed by atoms with Crippen molar-refractivity contribution in [3.05, 3.63) is 53.5 Å². The Hall–Kier alpha value is -2.78. The Bertz CT molecular complexity index is 1320. The van der Waals surface area contributed by atoms with Crippen LogP contribution in [0.25, 0.3) is 10.9 Å². The third-order valence-electron chi connectivity index (χ3n) is 5.79. The molecule has 0 saturated heterocycles. The fourth-order valence-electron chi connectivity index (χ4n) is 4.37. The largest absolute Gasteiger partial charge is 0.399 e. The SMILES string of the molecule is CC(C)(C)NS(=O)(=O)c1cc(C(=O)c2nn(C3CCCCC3)c3cc(N)ccc23)ccc1F. The number of fused-ring (bicyclic) bond motifs is 1. The summed E-state index contributed by atoms with van der Waals surface area (Å²) in [6.07, 6.45) is 5.31. The summed E-state index contributed by atoms with van der Waals surface area (Å²) in [4.78, 5) is 12.9. The molecule has 0 radical (unpaired) electrons. The number of carbonyl (C=O) groups excluding carboxylic acids is 1. The number of benzene rings is 2. The molecule has 3 aromatic rings. The average molecular weight is 473 g/mol. The Balaban J connectivity index is 1.80. The second-order valence-electron chi connectivity index (χ2n) is 9.69. The summed E-state index contributed by atoms with van der Waals surface area (Å²) in [5.41, 5.74) is 6.81. The molecule has 0 unspecified atom stereocenters.